The summed E-state index contributed by atoms with van der Waals surface area (Å²) >= 11 is 0. The molecule has 2 aliphatic rings. The van der Waals surface area contributed by atoms with Gasteiger partial charge in [-0.3, -0.25) is 4.79 Å². The molecule has 1 aromatic heterocycles. The van der Waals surface area contributed by atoms with Crippen molar-refractivity contribution in [3.05, 3.63) is 59.3 Å². The van der Waals surface area contributed by atoms with Crippen LogP contribution < -0.4 is 5.32 Å². The lowest BCUT2D eigenvalue weighted by molar-refractivity contribution is -0.129. The van der Waals surface area contributed by atoms with E-state index in [2.05, 4.69) is 40.6 Å². The minimum Gasteiger partial charge on any atom is -0.365 e. The highest BCUT2D eigenvalue weighted by Gasteiger charge is 2.36. The van der Waals surface area contributed by atoms with Gasteiger partial charge in [0, 0.05) is 25.2 Å². The fourth-order valence-electron chi connectivity index (χ4n) is 3.69. The summed E-state index contributed by atoms with van der Waals surface area (Å²) in [6.07, 6.45) is 3.94. The number of fused-ring (bicyclic) bond motifs is 1. The van der Waals surface area contributed by atoms with Gasteiger partial charge in [0.1, 0.15) is 11.9 Å². The lowest BCUT2D eigenvalue weighted by Crippen LogP contribution is -2.38. The molecule has 1 fully saturated rings. The molecule has 5 heteroatoms. The van der Waals surface area contributed by atoms with Crippen LogP contribution in [0.5, 0.6) is 0 Å². The number of nitrogens with one attached hydrogen (secondary N) is 1. The van der Waals surface area contributed by atoms with Crippen LogP contribution >= 0.6 is 0 Å². The Morgan fingerprint density at radius 3 is 2.50 bits per heavy atom. The molecule has 1 aliphatic heterocycles. The van der Waals surface area contributed by atoms with Crippen LogP contribution in [-0.4, -0.2) is 34.4 Å². The fraction of sp³-hybridized carbons (Fsp3) is 0.316. The van der Waals surface area contributed by atoms with Crippen LogP contribution in [0.3, 0.4) is 0 Å². The zero-order valence-corrected chi connectivity index (χ0v) is 13.3. The van der Waals surface area contributed by atoms with Crippen LogP contribution in [0.25, 0.3) is 0 Å². The third-order valence-electron chi connectivity index (χ3n) is 4.87. The van der Waals surface area contributed by atoms with Gasteiger partial charge in [-0.15, -0.1) is 0 Å². The number of hydrogen-bond donors (Lipinski definition) is 1. The van der Waals surface area contributed by atoms with E-state index in [0.717, 1.165) is 12.8 Å². The van der Waals surface area contributed by atoms with E-state index in [1.54, 1.807) is 18.3 Å². The van der Waals surface area contributed by atoms with Gasteiger partial charge in [-0.2, -0.15) is 5.26 Å². The Hall–Kier alpha value is -2.87. The first-order valence-corrected chi connectivity index (χ1v) is 8.22. The molecule has 1 saturated heterocycles. The molecule has 2 heterocycles. The number of nitriles is 1. The zero-order chi connectivity index (χ0) is 16.5. The van der Waals surface area contributed by atoms with Gasteiger partial charge in [0.25, 0.3) is 0 Å². The topological polar surface area (TPSA) is 69.0 Å². The summed E-state index contributed by atoms with van der Waals surface area (Å²) in [7, 11) is 0. The number of amides is 1. The van der Waals surface area contributed by atoms with Crippen LogP contribution in [0.15, 0.2) is 42.6 Å². The number of nitrogens with zero attached hydrogens (tertiary/aromatic N) is 3. The van der Waals surface area contributed by atoms with Crippen molar-refractivity contribution >= 4 is 11.7 Å². The number of likely N-dealkylation sites (tertiary alicyclic amines) is 1. The molecule has 1 aliphatic carbocycles. The Morgan fingerprint density at radius 1 is 1.12 bits per heavy atom. The van der Waals surface area contributed by atoms with Crippen molar-refractivity contribution in [3.8, 4) is 6.07 Å². The Balaban J connectivity index is 1.41. The van der Waals surface area contributed by atoms with Crippen molar-refractivity contribution in [2.75, 3.05) is 11.9 Å². The van der Waals surface area contributed by atoms with Gasteiger partial charge >= 0.3 is 0 Å². The lowest BCUT2D eigenvalue weighted by atomic mass is 10.1. The SMILES string of the molecule is N#Cc1ccc(N[C@@H]2CC(=O)N(C3Cc4ccccc4C3)C2)nc1. The lowest BCUT2D eigenvalue weighted by Gasteiger charge is -2.24. The van der Waals surface area contributed by atoms with Crippen molar-refractivity contribution in [2.45, 2.75) is 31.3 Å². The van der Waals surface area contributed by atoms with E-state index in [9.17, 15) is 4.79 Å². The average Bonchev–Trinajstić information content (AvgIpc) is 3.18. The molecule has 0 bridgehead atoms. The van der Waals surface area contributed by atoms with Crippen LogP contribution in [0, 0.1) is 11.3 Å². The van der Waals surface area contributed by atoms with E-state index in [0.29, 0.717) is 24.3 Å². The van der Waals surface area contributed by atoms with Crippen LogP contribution in [0.2, 0.25) is 0 Å². The number of anilines is 1. The van der Waals surface area contributed by atoms with Gasteiger partial charge in [0.15, 0.2) is 0 Å². The Morgan fingerprint density at radius 2 is 1.88 bits per heavy atom. The molecule has 0 radical (unpaired) electrons. The third kappa shape index (κ3) is 2.71. The summed E-state index contributed by atoms with van der Waals surface area (Å²) < 4.78 is 0. The monoisotopic (exact) mass is 318 g/mol. The number of hydrogen-bond acceptors (Lipinski definition) is 4. The highest BCUT2D eigenvalue weighted by Crippen LogP contribution is 2.28. The normalized spacial score (nSPS) is 20.0. The van der Waals surface area contributed by atoms with Crippen LogP contribution in [-0.2, 0) is 17.6 Å². The van der Waals surface area contributed by atoms with E-state index in [1.165, 1.54) is 11.1 Å². The first-order valence-electron chi connectivity index (χ1n) is 8.22. The number of rotatable bonds is 3. The minimum atomic E-state index is 0.0710. The van der Waals surface area contributed by atoms with Crippen molar-refractivity contribution in [2.24, 2.45) is 0 Å². The second kappa shape index (κ2) is 5.97. The highest BCUT2D eigenvalue weighted by molar-refractivity contribution is 5.80. The Labute approximate surface area is 140 Å². The number of benzene rings is 1. The molecule has 1 aromatic carbocycles. The average molecular weight is 318 g/mol. The van der Waals surface area contributed by atoms with Crippen LogP contribution in [0.4, 0.5) is 5.82 Å². The summed E-state index contributed by atoms with van der Waals surface area (Å²) in [5.41, 5.74) is 3.26. The van der Waals surface area contributed by atoms with Crippen LogP contribution in [0.1, 0.15) is 23.1 Å². The van der Waals surface area contributed by atoms with Gasteiger partial charge in [-0.1, -0.05) is 24.3 Å². The maximum atomic E-state index is 12.4. The fourth-order valence-corrected chi connectivity index (χ4v) is 3.69. The van der Waals surface area contributed by atoms with Gasteiger partial charge in [0.05, 0.1) is 11.6 Å². The Bertz CT molecular complexity index is 784. The van der Waals surface area contributed by atoms with Gasteiger partial charge in [-0.25, -0.2) is 4.98 Å². The molecule has 1 N–H and O–H groups in total. The summed E-state index contributed by atoms with van der Waals surface area (Å²) in [5, 5.41) is 12.1. The molecular formula is C19H18N4O. The predicted molar refractivity (Wildman–Crippen MR) is 90.3 cm³/mol. The van der Waals surface area contributed by atoms with Crippen molar-refractivity contribution in [3.63, 3.8) is 0 Å². The molecular weight excluding hydrogens is 300 g/mol. The summed E-state index contributed by atoms with van der Waals surface area (Å²) in [5.74, 6) is 0.919. The summed E-state index contributed by atoms with van der Waals surface area (Å²) in [4.78, 5) is 18.7. The second-order valence-electron chi connectivity index (χ2n) is 6.47. The molecule has 2 aromatic rings. The second-order valence-corrected chi connectivity index (χ2v) is 6.47. The summed E-state index contributed by atoms with van der Waals surface area (Å²) in [6, 6.07) is 14.4. The largest absolute Gasteiger partial charge is 0.365 e. The van der Waals surface area contributed by atoms with Gasteiger partial charge in [0.2, 0.25) is 5.91 Å². The molecule has 0 saturated carbocycles. The van der Waals surface area contributed by atoms with E-state index in [4.69, 9.17) is 5.26 Å². The maximum Gasteiger partial charge on any atom is 0.225 e. The zero-order valence-electron chi connectivity index (χ0n) is 13.3. The smallest absolute Gasteiger partial charge is 0.225 e. The first kappa shape index (κ1) is 14.7. The molecule has 0 unspecified atom stereocenters. The predicted octanol–water partition coefficient (Wildman–Crippen LogP) is 2.13. The van der Waals surface area contributed by atoms with Crippen molar-refractivity contribution < 1.29 is 4.79 Å². The van der Waals surface area contributed by atoms with Gasteiger partial charge < -0.3 is 10.2 Å². The molecule has 120 valence electrons. The molecule has 5 nitrogen and oxygen atoms in total. The van der Waals surface area contributed by atoms with E-state index in [1.807, 2.05) is 4.90 Å². The van der Waals surface area contributed by atoms with E-state index < -0.39 is 0 Å². The number of pyridine rings is 1. The number of carbonyl (C=O) groups excluding carboxylic acids is 1. The molecule has 1 amide bonds. The maximum absolute atomic E-state index is 12.4. The van der Waals surface area contributed by atoms with E-state index >= 15 is 0 Å². The first-order chi connectivity index (χ1) is 11.7. The number of aromatic nitrogens is 1. The molecule has 0 spiro atoms. The highest BCUT2D eigenvalue weighted by atomic mass is 16.2. The Kier molecular flexibility index (Phi) is 3.66. The quantitative estimate of drug-likeness (QED) is 0.941. The number of carbonyl (C=O) groups is 1. The minimum absolute atomic E-state index is 0.0710. The summed E-state index contributed by atoms with van der Waals surface area (Å²) in [6.45, 7) is 0.708. The molecule has 24 heavy (non-hydrogen) atoms. The third-order valence-corrected chi connectivity index (χ3v) is 4.87. The molecule has 4 rings (SSSR count). The van der Waals surface area contributed by atoms with Crippen molar-refractivity contribution in [1.29, 1.82) is 5.26 Å². The van der Waals surface area contributed by atoms with E-state index in [-0.39, 0.29) is 18.0 Å². The standard InChI is InChI=1S/C19H18N4O/c20-10-13-5-6-18(21-11-13)22-16-9-19(24)23(12-16)17-7-14-3-1-2-4-15(14)8-17/h1-6,11,16-17H,7-9,12H2,(H,21,22)/t16-/m1/s1. The molecule has 1 atom stereocenters. The van der Waals surface area contributed by atoms with Gasteiger partial charge in [-0.05, 0) is 36.1 Å². The van der Waals surface area contributed by atoms with Crippen molar-refractivity contribution in [1.82, 2.24) is 9.88 Å².